The van der Waals surface area contributed by atoms with Crippen LogP contribution in [0.25, 0.3) is 0 Å². The summed E-state index contributed by atoms with van der Waals surface area (Å²) >= 11 is 0. The molecular formula is C20H23N3O3. The van der Waals surface area contributed by atoms with Crippen LogP contribution in [0.4, 0.5) is 5.69 Å². The molecule has 6 heteroatoms. The van der Waals surface area contributed by atoms with Crippen molar-refractivity contribution in [2.45, 2.75) is 12.5 Å². The zero-order valence-corrected chi connectivity index (χ0v) is 14.5. The second kappa shape index (κ2) is 9.12. The Balaban J connectivity index is 1.47. The minimum atomic E-state index is -0.482. The van der Waals surface area contributed by atoms with Gasteiger partial charge < -0.3 is 20.7 Å². The van der Waals surface area contributed by atoms with Gasteiger partial charge in [0.25, 0.3) is 11.8 Å². The van der Waals surface area contributed by atoms with E-state index in [-0.39, 0.29) is 11.8 Å². The standard InChI is InChI=1S/C20H23N3O3/c24-19(22-11-10-15-4-2-1-3-5-15)16-6-8-17(9-7-16)23-20(25)18-14-21-12-13-26-18/h1-9,18,21H,10-14H2,(H,22,24)(H,23,25)/t18-/m1/s1. The molecule has 0 radical (unpaired) electrons. The van der Waals surface area contributed by atoms with E-state index in [0.717, 1.165) is 13.0 Å². The zero-order valence-electron chi connectivity index (χ0n) is 14.5. The van der Waals surface area contributed by atoms with Gasteiger partial charge in [-0.15, -0.1) is 0 Å². The smallest absolute Gasteiger partial charge is 0.254 e. The molecule has 2 aromatic carbocycles. The molecule has 3 rings (SSSR count). The van der Waals surface area contributed by atoms with E-state index in [1.54, 1.807) is 24.3 Å². The molecule has 0 unspecified atom stereocenters. The molecule has 0 bridgehead atoms. The van der Waals surface area contributed by atoms with Crippen LogP contribution in [0.1, 0.15) is 15.9 Å². The lowest BCUT2D eigenvalue weighted by Crippen LogP contribution is -2.45. The lowest BCUT2D eigenvalue weighted by Gasteiger charge is -2.22. The molecule has 0 aromatic heterocycles. The molecule has 1 aliphatic heterocycles. The molecule has 3 N–H and O–H groups in total. The first kappa shape index (κ1) is 18.1. The fourth-order valence-corrected chi connectivity index (χ4v) is 2.73. The van der Waals surface area contributed by atoms with Crippen molar-refractivity contribution in [3.63, 3.8) is 0 Å². The third kappa shape index (κ3) is 5.15. The highest BCUT2D eigenvalue weighted by molar-refractivity contribution is 5.97. The van der Waals surface area contributed by atoms with Crippen molar-refractivity contribution in [3.05, 3.63) is 65.7 Å². The highest BCUT2D eigenvalue weighted by Crippen LogP contribution is 2.11. The number of anilines is 1. The van der Waals surface area contributed by atoms with Crippen molar-refractivity contribution >= 4 is 17.5 Å². The molecular weight excluding hydrogens is 330 g/mol. The van der Waals surface area contributed by atoms with E-state index in [1.165, 1.54) is 5.56 Å². The van der Waals surface area contributed by atoms with Gasteiger partial charge in [0.05, 0.1) is 6.61 Å². The highest BCUT2D eigenvalue weighted by Gasteiger charge is 2.21. The minimum Gasteiger partial charge on any atom is -0.366 e. The van der Waals surface area contributed by atoms with Crippen LogP contribution < -0.4 is 16.0 Å². The Morgan fingerprint density at radius 1 is 1.08 bits per heavy atom. The maximum Gasteiger partial charge on any atom is 0.254 e. The normalized spacial score (nSPS) is 16.7. The third-order valence-electron chi connectivity index (χ3n) is 4.18. The number of hydrogen-bond acceptors (Lipinski definition) is 4. The first-order valence-corrected chi connectivity index (χ1v) is 8.78. The lowest BCUT2D eigenvalue weighted by atomic mass is 10.1. The Bertz CT molecular complexity index is 726. The Hall–Kier alpha value is -2.70. The van der Waals surface area contributed by atoms with Crippen molar-refractivity contribution in [3.8, 4) is 0 Å². The maximum absolute atomic E-state index is 12.2. The van der Waals surface area contributed by atoms with Crippen LogP contribution in [0.5, 0.6) is 0 Å². The molecule has 1 fully saturated rings. The first-order valence-electron chi connectivity index (χ1n) is 8.78. The molecule has 1 heterocycles. The predicted octanol–water partition coefficient (Wildman–Crippen LogP) is 1.59. The summed E-state index contributed by atoms with van der Waals surface area (Å²) in [5.41, 5.74) is 2.39. The monoisotopic (exact) mass is 353 g/mol. The second-order valence-corrected chi connectivity index (χ2v) is 6.12. The number of carbonyl (C=O) groups is 2. The first-order chi connectivity index (χ1) is 12.7. The summed E-state index contributed by atoms with van der Waals surface area (Å²) in [6.45, 7) is 2.37. The van der Waals surface area contributed by atoms with Gasteiger partial charge in [-0.25, -0.2) is 0 Å². The van der Waals surface area contributed by atoms with Crippen LogP contribution in [-0.4, -0.2) is 44.2 Å². The van der Waals surface area contributed by atoms with E-state index in [9.17, 15) is 9.59 Å². The molecule has 1 atom stereocenters. The SMILES string of the molecule is O=C(NCCc1ccccc1)c1ccc(NC(=O)[C@H]2CNCCO2)cc1. The van der Waals surface area contributed by atoms with Crippen molar-refractivity contribution in [2.75, 3.05) is 31.6 Å². The number of rotatable bonds is 6. The van der Waals surface area contributed by atoms with Crippen LogP contribution in [0.2, 0.25) is 0 Å². The molecule has 0 saturated carbocycles. The fourth-order valence-electron chi connectivity index (χ4n) is 2.73. The van der Waals surface area contributed by atoms with E-state index >= 15 is 0 Å². The van der Waals surface area contributed by atoms with Crippen LogP contribution in [0.15, 0.2) is 54.6 Å². The summed E-state index contributed by atoms with van der Waals surface area (Å²) in [7, 11) is 0. The van der Waals surface area contributed by atoms with Crippen molar-refractivity contribution in [1.82, 2.24) is 10.6 Å². The number of benzene rings is 2. The zero-order chi connectivity index (χ0) is 18.2. The highest BCUT2D eigenvalue weighted by atomic mass is 16.5. The number of ether oxygens (including phenoxy) is 1. The van der Waals surface area contributed by atoms with Gasteiger partial charge in [0.1, 0.15) is 6.10 Å². The van der Waals surface area contributed by atoms with Gasteiger partial charge in [-0.05, 0) is 36.2 Å². The second-order valence-electron chi connectivity index (χ2n) is 6.12. The third-order valence-corrected chi connectivity index (χ3v) is 4.18. The Morgan fingerprint density at radius 2 is 1.85 bits per heavy atom. The molecule has 2 amide bonds. The average molecular weight is 353 g/mol. The van der Waals surface area contributed by atoms with Crippen molar-refractivity contribution in [2.24, 2.45) is 0 Å². The number of nitrogens with one attached hydrogen (secondary N) is 3. The summed E-state index contributed by atoms with van der Waals surface area (Å²) in [6, 6.07) is 16.9. The molecule has 1 aliphatic rings. The van der Waals surface area contributed by atoms with Gasteiger partial charge in [-0.2, -0.15) is 0 Å². The lowest BCUT2D eigenvalue weighted by molar-refractivity contribution is -0.128. The number of amides is 2. The van der Waals surface area contributed by atoms with E-state index in [2.05, 4.69) is 16.0 Å². The van der Waals surface area contributed by atoms with Crippen LogP contribution in [0.3, 0.4) is 0 Å². The van der Waals surface area contributed by atoms with Crippen LogP contribution >= 0.6 is 0 Å². The topological polar surface area (TPSA) is 79.5 Å². The van der Waals surface area contributed by atoms with Gasteiger partial charge >= 0.3 is 0 Å². The van der Waals surface area contributed by atoms with E-state index in [1.807, 2.05) is 30.3 Å². The summed E-state index contributed by atoms with van der Waals surface area (Å²) in [4.78, 5) is 24.3. The molecule has 1 saturated heterocycles. The van der Waals surface area contributed by atoms with E-state index in [0.29, 0.717) is 30.9 Å². The van der Waals surface area contributed by atoms with Crippen molar-refractivity contribution < 1.29 is 14.3 Å². The molecule has 136 valence electrons. The summed E-state index contributed by atoms with van der Waals surface area (Å²) in [5, 5.41) is 8.83. The number of carbonyl (C=O) groups excluding carboxylic acids is 2. The molecule has 26 heavy (non-hydrogen) atoms. The predicted molar refractivity (Wildman–Crippen MR) is 100 cm³/mol. The van der Waals surface area contributed by atoms with E-state index < -0.39 is 6.10 Å². The number of hydrogen-bond donors (Lipinski definition) is 3. The summed E-state index contributed by atoms with van der Waals surface area (Å²) < 4.78 is 5.42. The minimum absolute atomic E-state index is 0.126. The quantitative estimate of drug-likeness (QED) is 0.737. The molecule has 0 aliphatic carbocycles. The molecule has 0 spiro atoms. The van der Waals surface area contributed by atoms with E-state index in [4.69, 9.17) is 4.74 Å². The maximum atomic E-state index is 12.2. The Morgan fingerprint density at radius 3 is 2.54 bits per heavy atom. The average Bonchev–Trinajstić information content (AvgIpc) is 2.70. The summed E-state index contributed by atoms with van der Waals surface area (Å²) in [6.07, 6.45) is 0.306. The van der Waals surface area contributed by atoms with Crippen LogP contribution in [-0.2, 0) is 16.0 Å². The Kier molecular flexibility index (Phi) is 6.35. The van der Waals surface area contributed by atoms with Crippen LogP contribution in [0, 0.1) is 0 Å². The molecule has 6 nitrogen and oxygen atoms in total. The fraction of sp³-hybridized carbons (Fsp3) is 0.300. The van der Waals surface area contributed by atoms with Gasteiger partial charge in [0.15, 0.2) is 0 Å². The van der Waals surface area contributed by atoms with Gasteiger partial charge in [-0.3, -0.25) is 9.59 Å². The summed E-state index contributed by atoms with van der Waals surface area (Å²) in [5.74, 6) is -0.309. The van der Waals surface area contributed by atoms with Gasteiger partial charge in [-0.1, -0.05) is 30.3 Å². The van der Waals surface area contributed by atoms with Gasteiger partial charge in [0.2, 0.25) is 0 Å². The number of morpholine rings is 1. The van der Waals surface area contributed by atoms with Crippen molar-refractivity contribution in [1.29, 1.82) is 0 Å². The largest absolute Gasteiger partial charge is 0.366 e. The Labute approximate surface area is 152 Å². The van der Waals surface area contributed by atoms with Gasteiger partial charge in [0, 0.05) is 30.9 Å². The molecule has 2 aromatic rings.